The van der Waals surface area contributed by atoms with Crippen LogP contribution in [0.1, 0.15) is 355 Å². The zero-order valence-corrected chi connectivity index (χ0v) is 54.9. The molecule has 1 unspecified atom stereocenters. The summed E-state index contributed by atoms with van der Waals surface area (Å²) in [6.45, 7) is 6.53. The Morgan fingerprint density at radius 3 is 0.783 bits per heavy atom. The molecule has 0 spiro atoms. The predicted octanol–water partition coefficient (Wildman–Crippen LogP) is 24.8. The SMILES string of the molecule is CC/C=C\C/C=C\C/C=C\C/C=C\C/C=C\C/C=C\C/C=C\CCCC(=O)OC(COC(=O)CCCCCCCCCCCCCCCCC)COC(=O)CCCCCCCCCCCCCCCCC/C=C\CCCCCCCCCC. The zero-order valence-electron chi connectivity index (χ0n) is 54.9. The third-order valence-electron chi connectivity index (χ3n) is 15.6. The molecule has 0 radical (unpaired) electrons. The minimum absolute atomic E-state index is 0.0970. The van der Waals surface area contributed by atoms with Gasteiger partial charge in [-0.2, -0.15) is 0 Å². The molecule has 0 amide bonds. The highest BCUT2D eigenvalue weighted by atomic mass is 16.6. The van der Waals surface area contributed by atoms with E-state index >= 15 is 0 Å². The van der Waals surface area contributed by atoms with Crippen molar-refractivity contribution in [1.29, 1.82) is 0 Å². The maximum Gasteiger partial charge on any atom is 0.306 e. The van der Waals surface area contributed by atoms with Crippen molar-refractivity contribution in [3.05, 3.63) is 97.2 Å². The summed E-state index contributed by atoms with van der Waals surface area (Å²) < 4.78 is 16.9. The summed E-state index contributed by atoms with van der Waals surface area (Å²) in [6, 6.07) is 0. The quantitative estimate of drug-likeness (QED) is 0.0261. The number of allylic oxidation sites excluding steroid dienone is 16. The fourth-order valence-electron chi connectivity index (χ4n) is 10.3. The van der Waals surface area contributed by atoms with Gasteiger partial charge in [0.05, 0.1) is 0 Å². The van der Waals surface area contributed by atoms with Crippen LogP contribution in [0.5, 0.6) is 0 Å². The van der Waals surface area contributed by atoms with E-state index in [0.29, 0.717) is 19.3 Å². The Morgan fingerprint density at radius 1 is 0.253 bits per heavy atom. The van der Waals surface area contributed by atoms with Crippen LogP contribution in [0, 0.1) is 0 Å². The van der Waals surface area contributed by atoms with Gasteiger partial charge in [-0.3, -0.25) is 14.4 Å². The van der Waals surface area contributed by atoms with Crippen molar-refractivity contribution in [1.82, 2.24) is 0 Å². The van der Waals surface area contributed by atoms with Gasteiger partial charge in [-0.15, -0.1) is 0 Å². The fourth-order valence-corrected chi connectivity index (χ4v) is 10.3. The van der Waals surface area contributed by atoms with E-state index in [0.717, 1.165) is 89.9 Å². The van der Waals surface area contributed by atoms with Crippen molar-refractivity contribution in [3.63, 3.8) is 0 Å². The number of ether oxygens (including phenoxy) is 3. The van der Waals surface area contributed by atoms with Crippen LogP contribution in [0.4, 0.5) is 0 Å². The highest BCUT2D eigenvalue weighted by Crippen LogP contribution is 2.17. The summed E-state index contributed by atoms with van der Waals surface area (Å²) in [5.41, 5.74) is 0. The average Bonchev–Trinajstić information content (AvgIpc) is 3.49. The van der Waals surface area contributed by atoms with E-state index in [1.54, 1.807) is 0 Å². The molecule has 0 N–H and O–H groups in total. The lowest BCUT2D eigenvalue weighted by molar-refractivity contribution is -0.167. The Labute approximate surface area is 515 Å². The maximum atomic E-state index is 12.9. The van der Waals surface area contributed by atoms with Crippen LogP contribution < -0.4 is 0 Å². The standard InChI is InChI=1S/C77H134O6/c1-4-7-10-13-16-19-22-25-28-30-32-34-36-37-38-39-41-42-44-46-49-52-55-58-61-64-67-70-76(79)82-73-74(72-81-75(78)69-66-63-60-57-54-51-48-27-24-21-18-15-12-9-6-3)83-77(80)71-68-65-62-59-56-53-50-47-45-43-40-35-33-31-29-26-23-20-17-14-11-8-5-2/h8,11,17,20,26,29-30,32-33,35,43,45,50,53,59,62,74H,4-7,9-10,12-16,18-19,21-25,27-28,31,34,36-42,44,46-49,51-52,54-58,60-61,63-73H2,1-3H3/b11-8-,20-17-,29-26-,32-30-,35-33-,45-43-,53-50-,62-59-. The molecule has 0 fully saturated rings. The summed E-state index contributed by atoms with van der Waals surface area (Å²) in [6.07, 6.45) is 95.9. The molecule has 0 saturated carbocycles. The van der Waals surface area contributed by atoms with Gasteiger partial charge in [-0.1, -0.05) is 336 Å². The van der Waals surface area contributed by atoms with Crippen molar-refractivity contribution >= 4 is 17.9 Å². The van der Waals surface area contributed by atoms with Crippen LogP contribution >= 0.6 is 0 Å². The smallest absolute Gasteiger partial charge is 0.306 e. The van der Waals surface area contributed by atoms with Gasteiger partial charge >= 0.3 is 17.9 Å². The molecular formula is C77H134O6. The summed E-state index contributed by atoms with van der Waals surface area (Å²) in [4.78, 5) is 38.4. The monoisotopic (exact) mass is 1160 g/mol. The van der Waals surface area contributed by atoms with E-state index in [4.69, 9.17) is 14.2 Å². The topological polar surface area (TPSA) is 78.9 Å². The molecule has 0 aromatic carbocycles. The number of carbonyl (C=O) groups is 3. The lowest BCUT2D eigenvalue weighted by atomic mass is 10.0. The third-order valence-corrected chi connectivity index (χ3v) is 15.6. The second kappa shape index (κ2) is 70.8. The van der Waals surface area contributed by atoms with Crippen LogP contribution in [0.3, 0.4) is 0 Å². The molecule has 0 aliphatic carbocycles. The van der Waals surface area contributed by atoms with Crippen LogP contribution in [0.25, 0.3) is 0 Å². The van der Waals surface area contributed by atoms with Crippen molar-refractivity contribution in [3.8, 4) is 0 Å². The molecule has 0 heterocycles. The minimum Gasteiger partial charge on any atom is -0.462 e. The lowest BCUT2D eigenvalue weighted by Gasteiger charge is -2.18. The summed E-state index contributed by atoms with van der Waals surface area (Å²) >= 11 is 0. The Morgan fingerprint density at radius 2 is 0.482 bits per heavy atom. The largest absolute Gasteiger partial charge is 0.462 e. The van der Waals surface area contributed by atoms with Gasteiger partial charge in [-0.25, -0.2) is 0 Å². The molecule has 0 saturated heterocycles. The fraction of sp³-hybridized carbons (Fsp3) is 0.753. The molecule has 1 atom stereocenters. The summed E-state index contributed by atoms with van der Waals surface area (Å²) in [5.74, 6) is -0.939. The van der Waals surface area contributed by atoms with Crippen LogP contribution in [-0.4, -0.2) is 37.2 Å². The molecule has 83 heavy (non-hydrogen) atoms. The highest BCUT2D eigenvalue weighted by molar-refractivity contribution is 5.71. The van der Waals surface area contributed by atoms with Gasteiger partial charge in [0.1, 0.15) is 13.2 Å². The lowest BCUT2D eigenvalue weighted by Crippen LogP contribution is -2.30. The molecule has 478 valence electrons. The second-order valence-electron chi connectivity index (χ2n) is 23.8. The van der Waals surface area contributed by atoms with Crippen LogP contribution in [0.15, 0.2) is 97.2 Å². The van der Waals surface area contributed by atoms with Crippen LogP contribution in [-0.2, 0) is 28.6 Å². The first-order valence-corrected chi connectivity index (χ1v) is 35.7. The summed E-state index contributed by atoms with van der Waals surface area (Å²) in [7, 11) is 0. The van der Waals surface area contributed by atoms with Crippen LogP contribution in [0.2, 0.25) is 0 Å². The molecule has 0 rings (SSSR count). The Hall–Kier alpha value is -3.67. The highest BCUT2D eigenvalue weighted by Gasteiger charge is 2.19. The Balaban J connectivity index is 4.37. The Bertz CT molecular complexity index is 1610. The van der Waals surface area contributed by atoms with Crippen molar-refractivity contribution in [2.24, 2.45) is 0 Å². The van der Waals surface area contributed by atoms with E-state index in [2.05, 4.69) is 118 Å². The van der Waals surface area contributed by atoms with E-state index in [1.165, 1.54) is 218 Å². The number of carbonyl (C=O) groups excluding carboxylic acids is 3. The molecule has 0 bridgehead atoms. The molecule has 0 aliphatic heterocycles. The molecule has 6 heteroatoms. The van der Waals surface area contributed by atoms with Crippen molar-refractivity contribution in [2.75, 3.05) is 13.2 Å². The normalized spacial score (nSPS) is 12.7. The predicted molar refractivity (Wildman–Crippen MR) is 362 cm³/mol. The van der Waals surface area contributed by atoms with Gasteiger partial charge in [0.15, 0.2) is 6.10 Å². The van der Waals surface area contributed by atoms with Gasteiger partial charge in [0.25, 0.3) is 0 Å². The number of rotatable bonds is 65. The van der Waals surface area contributed by atoms with Gasteiger partial charge in [-0.05, 0) is 96.3 Å². The first-order chi connectivity index (χ1) is 41.0. The molecule has 0 aromatic heterocycles. The first kappa shape index (κ1) is 79.3. The van der Waals surface area contributed by atoms with Gasteiger partial charge in [0.2, 0.25) is 0 Å². The second-order valence-corrected chi connectivity index (χ2v) is 23.8. The third kappa shape index (κ3) is 69.0. The van der Waals surface area contributed by atoms with Crippen molar-refractivity contribution < 1.29 is 28.6 Å². The minimum atomic E-state index is -0.809. The molecule has 0 aliphatic rings. The van der Waals surface area contributed by atoms with Gasteiger partial charge < -0.3 is 14.2 Å². The number of unbranched alkanes of at least 4 members (excludes halogenated alkanes) is 38. The number of hydrogen-bond donors (Lipinski definition) is 0. The van der Waals surface area contributed by atoms with E-state index < -0.39 is 6.10 Å². The molecular weight excluding hydrogens is 1020 g/mol. The number of esters is 3. The number of hydrogen-bond acceptors (Lipinski definition) is 6. The first-order valence-electron chi connectivity index (χ1n) is 35.7. The van der Waals surface area contributed by atoms with Gasteiger partial charge in [0, 0.05) is 19.3 Å². The van der Waals surface area contributed by atoms with E-state index in [9.17, 15) is 14.4 Å². The maximum absolute atomic E-state index is 12.9. The van der Waals surface area contributed by atoms with Crippen molar-refractivity contribution in [2.45, 2.75) is 361 Å². The van der Waals surface area contributed by atoms with E-state index in [-0.39, 0.29) is 37.5 Å². The summed E-state index contributed by atoms with van der Waals surface area (Å²) in [5, 5.41) is 0. The molecule has 0 aromatic rings. The Kier molecular flexibility index (Phi) is 67.7. The zero-order chi connectivity index (χ0) is 59.9. The van der Waals surface area contributed by atoms with E-state index in [1.807, 2.05) is 0 Å². The molecule has 6 nitrogen and oxygen atoms in total. The average molecular weight is 1160 g/mol.